The van der Waals surface area contributed by atoms with E-state index in [1.807, 2.05) is 0 Å². The van der Waals surface area contributed by atoms with Gasteiger partial charge in [-0.25, -0.2) is 12.8 Å². The minimum absolute atomic E-state index is 0.0784. The lowest BCUT2D eigenvalue weighted by Crippen LogP contribution is -2.51. The topological polar surface area (TPSA) is 66.5 Å². The number of likely N-dealkylation sites (tertiary alicyclic amines) is 1. The molecule has 0 unspecified atom stereocenters. The number of carbonyl (C=O) groups is 1. The maximum atomic E-state index is 13.0. The van der Waals surface area contributed by atoms with Crippen LogP contribution < -0.4 is 5.32 Å². The van der Waals surface area contributed by atoms with Gasteiger partial charge in [0, 0.05) is 30.6 Å². The first-order valence-electron chi connectivity index (χ1n) is 9.26. The highest BCUT2D eigenvalue weighted by Crippen LogP contribution is 2.33. The third-order valence-electron chi connectivity index (χ3n) is 5.52. The quantitative estimate of drug-likeness (QED) is 0.847. The lowest BCUT2D eigenvalue weighted by atomic mass is 9.95. The van der Waals surface area contributed by atoms with Crippen LogP contribution in [0.5, 0.6) is 0 Å². The highest BCUT2D eigenvalue weighted by Gasteiger charge is 2.48. The number of carbonyl (C=O) groups excluding carboxylic acids is 1. The predicted molar refractivity (Wildman–Crippen MR) is 99.2 cm³/mol. The molecule has 1 aromatic carbocycles. The molecule has 144 valence electrons. The maximum Gasteiger partial charge on any atom is 0.251 e. The van der Waals surface area contributed by atoms with E-state index in [1.54, 1.807) is 0 Å². The molecule has 0 aliphatic carbocycles. The van der Waals surface area contributed by atoms with Crippen molar-refractivity contribution in [3.8, 4) is 0 Å². The van der Waals surface area contributed by atoms with Crippen LogP contribution in [0.1, 0.15) is 37.0 Å². The van der Waals surface area contributed by atoms with Gasteiger partial charge in [0.2, 0.25) is 0 Å². The molecule has 2 aliphatic rings. The maximum absolute atomic E-state index is 13.0. The van der Waals surface area contributed by atoms with Crippen molar-refractivity contribution in [2.75, 3.05) is 25.4 Å². The monoisotopic (exact) mass is 382 g/mol. The van der Waals surface area contributed by atoms with Gasteiger partial charge in [-0.3, -0.25) is 4.79 Å². The van der Waals surface area contributed by atoms with E-state index in [-0.39, 0.29) is 29.4 Å². The van der Waals surface area contributed by atoms with Crippen molar-refractivity contribution < 1.29 is 17.6 Å². The second-order valence-electron chi connectivity index (χ2n) is 7.89. The molecular weight excluding hydrogens is 355 g/mol. The zero-order chi connectivity index (χ0) is 18.9. The number of halogens is 1. The van der Waals surface area contributed by atoms with Gasteiger partial charge in [-0.05, 0) is 49.6 Å². The highest BCUT2D eigenvalue weighted by atomic mass is 32.2. The molecule has 1 N–H and O–H groups in total. The van der Waals surface area contributed by atoms with E-state index in [9.17, 15) is 17.6 Å². The van der Waals surface area contributed by atoms with Crippen LogP contribution in [0.4, 0.5) is 4.39 Å². The van der Waals surface area contributed by atoms with E-state index in [0.717, 1.165) is 13.0 Å². The summed E-state index contributed by atoms with van der Waals surface area (Å²) in [5.74, 6) is -0.0512. The third kappa shape index (κ3) is 4.26. The van der Waals surface area contributed by atoms with Gasteiger partial charge in [0.1, 0.15) is 5.82 Å². The minimum Gasteiger partial charge on any atom is -0.349 e. The SMILES string of the molecule is CC(C)CCN1C[C@@H]2[C@H](NC(=O)c3ccc(F)cc3)CCS(=O)(=O)[C@H]2C1. The summed E-state index contributed by atoms with van der Waals surface area (Å²) in [5, 5.41) is 2.60. The smallest absolute Gasteiger partial charge is 0.251 e. The Morgan fingerprint density at radius 2 is 1.96 bits per heavy atom. The Balaban J connectivity index is 1.70. The largest absolute Gasteiger partial charge is 0.349 e. The zero-order valence-corrected chi connectivity index (χ0v) is 16.1. The molecule has 0 aromatic heterocycles. The first-order chi connectivity index (χ1) is 12.3. The van der Waals surface area contributed by atoms with Crippen LogP contribution >= 0.6 is 0 Å². The van der Waals surface area contributed by atoms with Crippen LogP contribution in [-0.4, -0.2) is 55.9 Å². The molecule has 0 bridgehead atoms. The number of nitrogens with one attached hydrogen (secondary N) is 1. The van der Waals surface area contributed by atoms with E-state index in [0.29, 0.717) is 31.0 Å². The van der Waals surface area contributed by atoms with Gasteiger partial charge < -0.3 is 10.2 Å². The Bertz CT molecular complexity index is 749. The molecule has 7 heteroatoms. The van der Waals surface area contributed by atoms with Gasteiger partial charge in [-0.2, -0.15) is 0 Å². The first-order valence-corrected chi connectivity index (χ1v) is 11.0. The Morgan fingerprint density at radius 3 is 2.62 bits per heavy atom. The molecule has 3 rings (SSSR count). The fourth-order valence-corrected chi connectivity index (χ4v) is 6.09. The Morgan fingerprint density at radius 1 is 1.27 bits per heavy atom. The second-order valence-corrected chi connectivity index (χ2v) is 10.2. The number of benzene rings is 1. The number of hydrogen-bond acceptors (Lipinski definition) is 4. The molecule has 26 heavy (non-hydrogen) atoms. The van der Waals surface area contributed by atoms with Crippen LogP contribution in [0, 0.1) is 17.7 Å². The summed E-state index contributed by atoms with van der Waals surface area (Å²) in [6.45, 7) is 6.46. The van der Waals surface area contributed by atoms with Gasteiger partial charge in [-0.1, -0.05) is 13.8 Å². The Labute approximate surface area is 154 Å². The molecule has 0 radical (unpaired) electrons. The van der Waals surface area contributed by atoms with Crippen molar-refractivity contribution in [2.24, 2.45) is 11.8 Å². The lowest BCUT2D eigenvalue weighted by molar-refractivity contribution is 0.0919. The van der Waals surface area contributed by atoms with E-state index < -0.39 is 15.1 Å². The summed E-state index contributed by atoms with van der Waals surface area (Å²) in [7, 11) is -3.11. The standard InChI is InChI=1S/C19H27FN2O3S/c1-13(2)7-9-22-11-16-17(8-10-26(24,25)18(16)12-22)21-19(23)14-3-5-15(20)6-4-14/h3-6,13,16-18H,7-12H2,1-2H3,(H,21,23)/t16-,17-,18+/m1/s1. The molecule has 1 aromatic rings. The van der Waals surface area contributed by atoms with Gasteiger partial charge in [-0.15, -0.1) is 0 Å². The fourth-order valence-electron chi connectivity index (χ4n) is 3.96. The molecule has 1 amide bonds. The van der Waals surface area contributed by atoms with Crippen molar-refractivity contribution in [3.05, 3.63) is 35.6 Å². The van der Waals surface area contributed by atoms with Gasteiger partial charge in [0.25, 0.3) is 5.91 Å². The molecule has 0 spiro atoms. The number of fused-ring (bicyclic) bond motifs is 1. The molecule has 2 aliphatic heterocycles. The summed E-state index contributed by atoms with van der Waals surface area (Å²) in [6, 6.07) is 5.25. The van der Waals surface area contributed by atoms with Gasteiger partial charge in [0.15, 0.2) is 9.84 Å². The molecule has 2 heterocycles. The van der Waals surface area contributed by atoms with Crippen molar-refractivity contribution in [3.63, 3.8) is 0 Å². The highest BCUT2D eigenvalue weighted by molar-refractivity contribution is 7.92. The number of rotatable bonds is 5. The average molecular weight is 383 g/mol. The molecule has 5 nitrogen and oxygen atoms in total. The van der Waals surface area contributed by atoms with E-state index in [4.69, 9.17) is 0 Å². The van der Waals surface area contributed by atoms with Crippen molar-refractivity contribution in [2.45, 2.75) is 38.0 Å². The minimum atomic E-state index is -3.11. The van der Waals surface area contributed by atoms with Crippen LogP contribution in [-0.2, 0) is 9.84 Å². The van der Waals surface area contributed by atoms with Gasteiger partial charge >= 0.3 is 0 Å². The van der Waals surface area contributed by atoms with E-state index in [1.165, 1.54) is 24.3 Å². The summed E-state index contributed by atoms with van der Waals surface area (Å²) >= 11 is 0. The molecular formula is C19H27FN2O3S. The van der Waals surface area contributed by atoms with Crippen molar-refractivity contribution in [1.29, 1.82) is 0 Å². The third-order valence-corrected chi connectivity index (χ3v) is 7.75. The Hall–Kier alpha value is -1.47. The lowest BCUT2D eigenvalue weighted by Gasteiger charge is -2.33. The van der Waals surface area contributed by atoms with E-state index in [2.05, 4.69) is 24.1 Å². The summed E-state index contributed by atoms with van der Waals surface area (Å²) in [4.78, 5) is 14.7. The Kier molecular flexibility index (Phi) is 5.67. The zero-order valence-electron chi connectivity index (χ0n) is 15.3. The van der Waals surface area contributed by atoms with Gasteiger partial charge in [0.05, 0.1) is 11.0 Å². The first kappa shape index (κ1) is 19.3. The molecule has 3 atom stereocenters. The van der Waals surface area contributed by atoms with Crippen LogP contribution in [0.15, 0.2) is 24.3 Å². The van der Waals surface area contributed by atoms with Crippen LogP contribution in [0.2, 0.25) is 0 Å². The average Bonchev–Trinajstić information content (AvgIpc) is 3.02. The normalized spacial score (nSPS) is 28.1. The molecule has 0 saturated carbocycles. The van der Waals surface area contributed by atoms with Crippen molar-refractivity contribution in [1.82, 2.24) is 10.2 Å². The second kappa shape index (κ2) is 7.64. The number of sulfone groups is 1. The van der Waals surface area contributed by atoms with Crippen LogP contribution in [0.25, 0.3) is 0 Å². The molecule has 2 fully saturated rings. The number of nitrogens with zero attached hydrogens (tertiary/aromatic N) is 1. The summed E-state index contributed by atoms with van der Waals surface area (Å²) < 4.78 is 38.0. The summed E-state index contributed by atoms with van der Waals surface area (Å²) in [6.07, 6.45) is 1.47. The fraction of sp³-hybridized carbons (Fsp3) is 0.632. The van der Waals surface area contributed by atoms with E-state index >= 15 is 0 Å². The number of amides is 1. The summed E-state index contributed by atoms with van der Waals surface area (Å²) in [5.41, 5.74) is 0.394. The molecule has 2 saturated heterocycles. The van der Waals surface area contributed by atoms with Crippen LogP contribution in [0.3, 0.4) is 0 Å². The number of hydrogen-bond donors (Lipinski definition) is 1. The van der Waals surface area contributed by atoms with Crippen molar-refractivity contribution >= 4 is 15.7 Å². The predicted octanol–water partition coefficient (Wildman–Crippen LogP) is 2.09.